The molecule has 0 fully saturated rings. The second kappa shape index (κ2) is 6.45. The molecule has 0 N–H and O–H groups in total. The molecule has 1 amide bonds. The second-order valence-corrected chi connectivity index (χ2v) is 7.15. The monoisotopic (exact) mass is 412 g/mol. The summed E-state index contributed by atoms with van der Waals surface area (Å²) in [4.78, 5) is 19.3. The maximum atomic E-state index is 13.7. The summed E-state index contributed by atoms with van der Waals surface area (Å²) >= 11 is 0. The van der Waals surface area contributed by atoms with Crippen molar-refractivity contribution in [1.82, 2.24) is 14.6 Å². The van der Waals surface area contributed by atoms with Gasteiger partial charge < -0.3 is 9.32 Å². The van der Waals surface area contributed by atoms with Crippen LogP contribution in [0, 0.1) is 0 Å². The molecule has 1 aliphatic rings. The lowest BCUT2D eigenvalue weighted by atomic mass is 10.1. The van der Waals surface area contributed by atoms with Crippen molar-refractivity contribution < 1.29 is 22.4 Å². The molecule has 0 saturated heterocycles. The number of carbonyl (C=O) groups is 1. The van der Waals surface area contributed by atoms with E-state index in [-0.39, 0.29) is 28.7 Å². The normalized spacial score (nSPS) is 16.3. The minimum atomic E-state index is -4.69. The number of amides is 1. The number of rotatable bonds is 2. The first-order valence-corrected chi connectivity index (χ1v) is 9.26. The summed E-state index contributed by atoms with van der Waals surface area (Å²) in [5, 5.41) is 3.84. The number of aromatic nitrogens is 3. The maximum Gasteiger partial charge on any atom is 0.433 e. The highest BCUT2D eigenvalue weighted by Crippen LogP contribution is 2.36. The smallest absolute Gasteiger partial charge is 0.433 e. The Balaban J connectivity index is 1.69. The molecule has 0 saturated carbocycles. The van der Waals surface area contributed by atoms with E-state index in [0.29, 0.717) is 10.9 Å². The van der Waals surface area contributed by atoms with Crippen LogP contribution in [0.5, 0.6) is 0 Å². The molecule has 0 radical (unpaired) electrons. The number of hydrogen-bond donors (Lipinski definition) is 0. The van der Waals surface area contributed by atoms with Crippen LogP contribution in [-0.4, -0.2) is 26.5 Å². The molecule has 1 unspecified atom stereocenters. The molecule has 4 aromatic rings. The average Bonchev–Trinajstić information content (AvgIpc) is 3.43. The predicted octanol–water partition coefficient (Wildman–Crippen LogP) is 4.60. The second-order valence-electron chi connectivity index (χ2n) is 7.15. The largest absolute Gasteiger partial charge is 0.463 e. The van der Waals surface area contributed by atoms with Crippen molar-refractivity contribution in [1.29, 1.82) is 0 Å². The topological polar surface area (TPSA) is 63.6 Å². The molecule has 0 bridgehead atoms. The van der Waals surface area contributed by atoms with Gasteiger partial charge in [0.25, 0.3) is 5.91 Å². The van der Waals surface area contributed by atoms with E-state index in [9.17, 15) is 18.0 Å². The molecule has 3 aromatic heterocycles. The molecule has 1 aromatic carbocycles. The van der Waals surface area contributed by atoms with Crippen LogP contribution in [0.25, 0.3) is 17.1 Å². The van der Waals surface area contributed by atoms with Gasteiger partial charge >= 0.3 is 6.18 Å². The SMILES string of the molecule is CC1Cc2ccccc2N1C(=O)c1cnn2c(C(F)(F)F)cc(-c3ccco3)nc12. The number of nitrogens with zero attached hydrogens (tertiary/aromatic N) is 4. The van der Waals surface area contributed by atoms with E-state index in [1.165, 1.54) is 12.3 Å². The Morgan fingerprint density at radius 2 is 2.00 bits per heavy atom. The van der Waals surface area contributed by atoms with E-state index in [1.54, 1.807) is 11.0 Å². The van der Waals surface area contributed by atoms with Crippen molar-refractivity contribution in [3.8, 4) is 11.5 Å². The van der Waals surface area contributed by atoms with Crippen molar-refractivity contribution in [2.75, 3.05) is 4.90 Å². The molecule has 1 aliphatic heterocycles. The molecule has 1 atom stereocenters. The highest BCUT2D eigenvalue weighted by Gasteiger charge is 2.38. The van der Waals surface area contributed by atoms with Gasteiger partial charge in [-0.1, -0.05) is 18.2 Å². The maximum absolute atomic E-state index is 13.7. The summed E-state index contributed by atoms with van der Waals surface area (Å²) in [7, 11) is 0. The molecule has 9 heteroatoms. The number of para-hydroxylation sites is 1. The van der Waals surface area contributed by atoms with Crippen molar-refractivity contribution in [3.63, 3.8) is 0 Å². The Bertz CT molecular complexity index is 1260. The van der Waals surface area contributed by atoms with E-state index in [2.05, 4.69) is 10.1 Å². The van der Waals surface area contributed by atoms with Gasteiger partial charge in [-0.2, -0.15) is 18.3 Å². The fraction of sp³-hybridized carbons (Fsp3) is 0.190. The first-order chi connectivity index (χ1) is 14.3. The fourth-order valence-corrected chi connectivity index (χ4v) is 3.87. The Hall–Kier alpha value is -3.62. The standard InChI is InChI=1S/C21H15F3N4O2/c1-12-9-13-5-2-3-6-16(13)27(12)20(29)14-11-25-28-18(21(22,23)24)10-15(26-19(14)28)17-7-4-8-30-17/h2-8,10-12H,9H2,1H3. The zero-order chi connectivity index (χ0) is 21.0. The van der Waals surface area contributed by atoms with E-state index in [1.807, 2.05) is 31.2 Å². The van der Waals surface area contributed by atoms with Crippen molar-refractivity contribution in [2.24, 2.45) is 0 Å². The van der Waals surface area contributed by atoms with Gasteiger partial charge in [0.2, 0.25) is 0 Å². The molecule has 6 nitrogen and oxygen atoms in total. The number of furan rings is 1. The summed E-state index contributed by atoms with van der Waals surface area (Å²) in [6.45, 7) is 1.90. The van der Waals surface area contributed by atoms with Gasteiger partial charge in [0.15, 0.2) is 17.1 Å². The van der Waals surface area contributed by atoms with E-state index < -0.39 is 17.8 Å². The van der Waals surface area contributed by atoms with E-state index in [0.717, 1.165) is 23.5 Å². The van der Waals surface area contributed by atoms with Crippen LogP contribution in [0.4, 0.5) is 18.9 Å². The van der Waals surface area contributed by atoms with Crippen LogP contribution in [-0.2, 0) is 12.6 Å². The van der Waals surface area contributed by atoms with Crippen LogP contribution in [0.3, 0.4) is 0 Å². The summed E-state index contributed by atoms with van der Waals surface area (Å²) in [5.41, 5.74) is 0.523. The van der Waals surface area contributed by atoms with Gasteiger partial charge in [-0.15, -0.1) is 0 Å². The first-order valence-electron chi connectivity index (χ1n) is 9.26. The predicted molar refractivity (Wildman–Crippen MR) is 102 cm³/mol. The molecule has 4 heterocycles. The number of alkyl halides is 3. The number of hydrogen-bond acceptors (Lipinski definition) is 4. The molecule has 152 valence electrons. The Kier molecular flexibility index (Phi) is 3.96. The molecular weight excluding hydrogens is 397 g/mol. The summed E-state index contributed by atoms with van der Waals surface area (Å²) in [5.74, 6) is -0.276. The zero-order valence-corrected chi connectivity index (χ0v) is 15.7. The van der Waals surface area contributed by atoms with Crippen molar-refractivity contribution in [2.45, 2.75) is 25.6 Å². The van der Waals surface area contributed by atoms with Crippen LogP contribution >= 0.6 is 0 Å². The fourth-order valence-electron chi connectivity index (χ4n) is 3.87. The van der Waals surface area contributed by atoms with Gasteiger partial charge in [-0.25, -0.2) is 9.50 Å². The molecule has 0 spiro atoms. The summed E-state index contributed by atoms with van der Waals surface area (Å²) in [6, 6.07) is 11.3. The van der Waals surface area contributed by atoms with Gasteiger partial charge in [-0.05, 0) is 43.2 Å². The lowest BCUT2D eigenvalue weighted by Gasteiger charge is -2.22. The van der Waals surface area contributed by atoms with Crippen molar-refractivity contribution >= 4 is 17.2 Å². The minimum absolute atomic E-state index is 0.00235. The zero-order valence-electron chi connectivity index (χ0n) is 15.7. The number of carbonyl (C=O) groups excluding carboxylic acids is 1. The molecule has 5 rings (SSSR count). The van der Waals surface area contributed by atoms with Gasteiger partial charge in [0.1, 0.15) is 11.3 Å². The van der Waals surface area contributed by atoms with Crippen LogP contribution in [0.1, 0.15) is 28.5 Å². The molecule has 0 aliphatic carbocycles. The number of halogens is 3. The number of fused-ring (bicyclic) bond motifs is 2. The molecular formula is C21H15F3N4O2. The van der Waals surface area contributed by atoms with E-state index >= 15 is 0 Å². The minimum Gasteiger partial charge on any atom is -0.463 e. The number of anilines is 1. The quantitative estimate of drug-likeness (QED) is 0.483. The van der Waals surface area contributed by atoms with Crippen molar-refractivity contribution in [3.05, 3.63) is 71.7 Å². The van der Waals surface area contributed by atoms with E-state index in [4.69, 9.17) is 4.42 Å². The lowest BCUT2D eigenvalue weighted by molar-refractivity contribution is -0.142. The van der Waals surface area contributed by atoms with Gasteiger partial charge in [-0.3, -0.25) is 4.79 Å². The van der Waals surface area contributed by atoms with Gasteiger partial charge in [0.05, 0.1) is 12.5 Å². The third kappa shape index (κ3) is 2.77. The van der Waals surface area contributed by atoms with Gasteiger partial charge in [0, 0.05) is 11.7 Å². The molecule has 30 heavy (non-hydrogen) atoms. The first kappa shape index (κ1) is 18.4. The van der Waals surface area contributed by atoms with Crippen LogP contribution in [0.2, 0.25) is 0 Å². The Morgan fingerprint density at radius 1 is 1.20 bits per heavy atom. The Labute approximate surface area is 168 Å². The highest BCUT2D eigenvalue weighted by molar-refractivity contribution is 6.11. The average molecular weight is 412 g/mol. The van der Waals surface area contributed by atoms with Crippen LogP contribution in [0.15, 0.2) is 59.3 Å². The third-order valence-corrected chi connectivity index (χ3v) is 5.19. The summed E-state index contributed by atoms with van der Waals surface area (Å²) < 4.78 is 47.0. The number of benzene rings is 1. The highest BCUT2D eigenvalue weighted by atomic mass is 19.4. The summed E-state index contributed by atoms with van der Waals surface area (Å²) in [6.07, 6.45) is -1.54. The van der Waals surface area contributed by atoms with Crippen LogP contribution < -0.4 is 4.90 Å². The lowest BCUT2D eigenvalue weighted by Crippen LogP contribution is -2.35. The third-order valence-electron chi connectivity index (χ3n) is 5.19. The Morgan fingerprint density at radius 3 is 2.73 bits per heavy atom.